The highest BCUT2D eigenvalue weighted by atomic mass is 19.1. The lowest BCUT2D eigenvalue weighted by molar-refractivity contribution is -0.145. The summed E-state index contributed by atoms with van der Waals surface area (Å²) in [5.41, 5.74) is 1.51. The van der Waals surface area contributed by atoms with Gasteiger partial charge in [0.1, 0.15) is 29.5 Å². The Kier molecular flexibility index (Phi) is 9.24. The number of halogens is 1. The molecule has 11 heteroatoms. The van der Waals surface area contributed by atoms with Gasteiger partial charge in [0.25, 0.3) is 0 Å². The van der Waals surface area contributed by atoms with Crippen molar-refractivity contribution in [2.24, 2.45) is 5.92 Å². The second kappa shape index (κ2) is 13.2. The normalized spacial score (nSPS) is 27.6. The van der Waals surface area contributed by atoms with Gasteiger partial charge in [-0.15, -0.1) is 0 Å². The first-order chi connectivity index (χ1) is 22.9. The predicted molar refractivity (Wildman–Crippen MR) is 177 cm³/mol. The Morgan fingerprint density at radius 2 is 1.88 bits per heavy atom. The Balaban J connectivity index is 1.25. The number of nitrogens with one attached hydrogen (secondary N) is 2. The molecule has 48 heavy (non-hydrogen) atoms. The van der Waals surface area contributed by atoms with Gasteiger partial charge in [-0.3, -0.25) is 14.5 Å². The van der Waals surface area contributed by atoms with Crippen LogP contribution >= 0.6 is 0 Å². The maximum atomic E-state index is 14.4. The van der Waals surface area contributed by atoms with Gasteiger partial charge >= 0.3 is 12.1 Å². The highest BCUT2D eigenvalue weighted by Crippen LogP contribution is 2.45. The maximum absolute atomic E-state index is 14.4. The van der Waals surface area contributed by atoms with Gasteiger partial charge in [-0.1, -0.05) is 70.0 Å². The molecule has 1 aliphatic carbocycles. The molecule has 10 nitrogen and oxygen atoms in total. The van der Waals surface area contributed by atoms with Crippen molar-refractivity contribution in [2.75, 3.05) is 11.9 Å². The van der Waals surface area contributed by atoms with Crippen molar-refractivity contribution >= 4 is 29.6 Å². The minimum atomic E-state index is -1.44. The van der Waals surface area contributed by atoms with E-state index in [1.807, 2.05) is 36.4 Å². The molecule has 0 bridgehead atoms. The van der Waals surface area contributed by atoms with E-state index in [9.17, 15) is 28.7 Å². The van der Waals surface area contributed by atoms with E-state index in [1.54, 1.807) is 12.1 Å². The smallest absolute Gasteiger partial charge is 0.410 e. The van der Waals surface area contributed by atoms with Crippen molar-refractivity contribution in [1.29, 1.82) is 0 Å². The topological polar surface area (TPSA) is 128 Å². The molecule has 2 fully saturated rings. The van der Waals surface area contributed by atoms with E-state index in [0.717, 1.165) is 36.9 Å². The molecular weight excluding hydrogens is 615 g/mol. The Hall–Kier alpha value is -4.41. The predicted octanol–water partition coefficient (Wildman–Crippen LogP) is 5.51. The van der Waals surface area contributed by atoms with E-state index in [-0.39, 0.29) is 55.5 Å². The van der Waals surface area contributed by atoms with Crippen molar-refractivity contribution < 1.29 is 33.4 Å². The quantitative estimate of drug-likeness (QED) is 0.370. The molecule has 1 saturated carbocycles. The molecule has 3 aliphatic heterocycles. The minimum Gasteiger partial charge on any atom is -0.479 e. The number of hydrogen-bond donors (Lipinski definition) is 3. The summed E-state index contributed by atoms with van der Waals surface area (Å²) in [7, 11) is 0. The van der Waals surface area contributed by atoms with Gasteiger partial charge < -0.3 is 25.4 Å². The Morgan fingerprint density at radius 3 is 2.62 bits per heavy atom. The third kappa shape index (κ3) is 6.91. The van der Waals surface area contributed by atoms with E-state index in [2.05, 4.69) is 31.4 Å². The van der Waals surface area contributed by atoms with Gasteiger partial charge in [0, 0.05) is 30.1 Å². The molecule has 0 aromatic heterocycles. The average molecular weight is 661 g/mol. The van der Waals surface area contributed by atoms with Gasteiger partial charge in [-0.25, -0.2) is 14.0 Å². The molecule has 1 saturated heterocycles. The fourth-order valence-electron chi connectivity index (χ4n) is 7.15. The highest BCUT2D eigenvalue weighted by molar-refractivity contribution is 5.96. The molecule has 6 rings (SSSR count). The van der Waals surface area contributed by atoms with E-state index in [0.29, 0.717) is 17.5 Å². The van der Waals surface area contributed by atoms with E-state index < -0.39 is 41.7 Å². The minimum absolute atomic E-state index is 0.0148. The van der Waals surface area contributed by atoms with Gasteiger partial charge in [0.05, 0.1) is 13.1 Å². The molecule has 3 N–H and O–H groups in total. The number of rotatable bonds is 4. The number of carbonyl (C=O) groups is 4. The molecule has 0 radical (unpaired) electrons. The first-order valence-corrected chi connectivity index (χ1v) is 17.0. The third-order valence-electron chi connectivity index (χ3n) is 10.1. The number of aliphatic carboxylic acids is 1. The molecule has 2 aromatic rings. The lowest BCUT2D eigenvalue weighted by Gasteiger charge is -2.30. The lowest BCUT2D eigenvalue weighted by atomic mass is 9.87. The fourth-order valence-corrected chi connectivity index (χ4v) is 7.15. The Morgan fingerprint density at radius 1 is 1.08 bits per heavy atom. The van der Waals surface area contributed by atoms with Crippen LogP contribution in [0.2, 0.25) is 0 Å². The number of carboxylic acid groups (broad SMARTS) is 1. The van der Waals surface area contributed by atoms with Crippen LogP contribution in [-0.4, -0.2) is 69.1 Å². The summed E-state index contributed by atoms with van der Waals surface area (Å²) in [6.07, 6.45) is 6.53. The summed E-state index contributed by atoms with van der Waals surface area (Å²) in [6.45, 7) is 6.60. The lowest BCUT2D eigenvalue weighted by Crippen LogP contribution is -2.55. The molecule has 3 heterocycles. The van der Waals surface area contributed by atoms with Crippen LogP contribution < -0.4 is 10.6 Å². The number of carbonyl (C=O) groups excluding carboxylic acids is 3. The maximum Gasteiger partial charge on any atom is 0.410 e. The standard InChI is InChI=1S/C37H45FN4O6/c1-36(2,3)24-13-10-14-26(17-24)39-30-16-8-6-4-5-7-12-25-19-37(25,34(45)46)40-32(43)31-18-27(21-42(31)33(30)44)48-35(47)41-20-23-11-9-15-29(38)28(23)22-41/h7,9-15,17,25,27,30-31,39H,4-6,8,16,18-22H2,1-3H3,(H,40,43)(H,45,46)/t25-,27-,30+,31+,37-/m1/s1. The Labute approximate surface area is 280 Å². The number of anilines is 1. The van der Waals surface area contributed by atoms with Crippen LogP contribution in [0.15, 0.2) is 54.6 Å². The largest absolute Gasteiger partial charge is 0.479 e. The number of fused-ring (bicyclic) bond motifs is 3. The van der Waals surface area contributed by atoms with Gasteiger partial charge in [0.15, 0.2) is 0 Å². The summed E-state index contributed by atoms with van der Waals surface area (Å²) < 4.78 is 20.2. The monoisotopic (exact) mass is 660 g/mol. The van der Waals surface area contributed by atoms with Crippen molar-refractivity contribution in [3.05, 3.63) is 77.1 Å². The number of hydrogen-bond acceptors (Lipinski definition) is 6. The zero-order chi connectivity index (χ0) is 34.2. The number of ether oxygens (including phenoxy) is 1. The molecule has 2 aromatic carbocycles. The second-order valence-electron chi connectivity index (χ2n) is 14.7. The number of carboxylic acids is 1. The molecule has 3 amide bonds. The van der Waals surface area contributed by atoms with E-state index in [4.69, 9.17) is 4.74 Å². The summed E-state index contributed by atoms with van der Waals surface area (Å²) in [4.78, 5) is 56.9. The number of benzene rings is 2. The summed E-state index contributed by atoms with van der Waals surface area (Å²) in [6, 6.07) is 11.0. The van der Waals surface area contributed by atoms with E-state index >= 15 is 0 Å². The molecule has 4 aliphatic rings. The van der Waals surface area contributed by atoms with Crippen molar-refractivity contribution in [1.82, 2.24) is 15.1 Å². The van der Waals surface area contributed by atoms with Crippen LogP contribution in [0.1, 0.15) is 82.4 Å². The van der Waals surface area contributed by atoms with Crippen molar-refractivity contribution in [3.63, 3.8) is 0 Å². The molecule has 0 spiro atoms. The third-order valence-corrected chi connectivity index (χ3v) is 10.1. The van der Waals surface area contributed by atoms with Gasteiger partial charge in [-0.05, 0) is 60.4 Å². The van der Waals surface area contributed by atoms with Crippen LogP contribution in [0.25, 0.3) is 0 Å². The van der Waals surface area contributed by atoms with Gasteiger partial charge in [-0.2, -0.15) is 0 Å². The second-order valence-corrected chi connectivity index (χ2v) is 14.7. The van der Waals surface area contributed by atoms with Crippen LogP contribution in [0.5, 0.6) is 0 Å². The van der Waals surface area contributed by atoms with Crippen molar-refractivity contribution in [2.45, 2.75) is 108 Å². The molecule has 256 valence electrons. The first-order valence-electron chi connectivity index (χ1n) is 17.0. The molecule has 5 atom stereocenters. The molecular formula is C37H45FN4O6. The van der Waals surface area contributed by atoms with Crippen LogP contribution in [-0.2, 0) is 37.6 Å². The zero-order valence-corrected chi connectivity index (χ0v) is 27.8. The summed E-state index contributed by atoms with van der Waals surface area (Å²) >= 11 is 0. The van der Waals surface area contributed by atoms with Crippen LogP contribution in [0.3, 0.4) is 0 Å². The first kappa shape index (κ1) is 33.5. The number of allylic oxidation sites excluding steroid dienone is 1. The fraction of sp³-hybridized carbons (Fsp3) is 0.514. The van der Waals surface area contributed by atoms with Gasteiger partial charge in [0.2, 0.25) is 11.8 Å². The number of amides is 3. The zero-order valence-electron chi connectivity index (χ0n) is 27.8. The van der Waals surface area contributed by atoms with Crippen molar-refractivity contribution in [3.8, 4) is 0 Å². The SMILES string of the molecule is CC(C)(C)c1cccc(N[C@H]2CCCCCC=C[C@@H]3C[C@@]3(C(=O)O)NC(=O)[C@@H]3C[C@@H](OC(=O)N4Cc5cccc(F)c5C4)CN3C2=O)c1. The number of nitrogens with zero attached hydrogens (tertiary/aromatic N) is 2. The molecule has 0 unspecified atom stereocenters. The van der Waals surface area contributed by atoms with Crippen LogP contribution in [0, 0.1) is 11.7 Å². The summed E-state index contributed by atoms with van der Waals surface area (Å²) in [5.74, 6) is -2.74. The summed E-state index contributed by atoms with van der Waals surface area (Å²) in [5, 5.41) is 16.3. The average Bonchev–Trinajstić information content (AvgIpc) is 3.34. The Bertz CT molecular complexity index is 1620. The highest BCUT2D eigenvalue weighted by Gasteiger charge is 2.61. The van der Waals surface area contributed by atoms with E-state index in [1.165, 1.54) is 15.9 Å². The van der Waals surface area contributed by atoms with Crippen LogP contribution in [0.4, 0.5) is 14.9 Å².